The Balaban J connectivity index is 1.71. The molecule has 0 fully saturated rings. The molecule has 0 heterocycles. The van der Waals surface area contributed by atoms with Gasteiger partial charge in [-0.1, -0.05) is 36.4 Å². The molecule has 0 bridgehead atoms. The highest BCUT2D eigenvalue weighted by atomic mass is 16.5. The van der Waals surface area contributed by atoms with Crippen LogP contribution in [0.1, 0.15) is 22.3 Å². The zero-order valence-corrected chi connectivity index (χ0v) is 15.4. The number of benzene rings is 3. The van der Waals surface area contributed by atoms with Crippen molar-refractivity contribution >= 4 is 28.6 Å². The first-order valence-electron chi connectivity index (χ1n) is 8.80. The minimum absolute atomic E-state index is 0.0631. The smallest absolute Gasteiger partial charge is 0.306 e. The highest BCUT2D eigenvalue weighted by Crippen LogP contribution is 2.22. The molecule has 0 unspecified atom stereocenters. The van der Waals surface area contributed by atoms with Crippen LogP contribution in [-0.4, -0.2) is 30.6 Å². The van der Waals surface area contributed by atoms with Gasteiger partial charge in [0.15, 0.2) is 5.78 Å². The second kappa shape index (κ2) is 8.86. The number of aliphatic carboxylic acids is 1. The minimum Gasteiger partial charge on any atom is -0.497 e. The zero-order chi connectivity index (χ0) is 19.9. The monoisotopic (exact) mass is 376 g/mol. The normalized spacial score (nSPS) is 10.9. The summed E-state index contributed by atoms with van der Waals surface area (Å²) in [5, 5.41) is 10.6. The van der Waals surface area contributed by atoms with Crippen molar-refractivity contribution in [2.45, 2.75) is 6.42 Å². The van der Waals surface area contributed by atoms with Crippen LogP contribution in [0.3, 0.4) is 0 Å². The van der Waals surface area contributed by atoms with Crippen molar-refractivity contribution in [1.29, 1.82) is 0 Å². The Morgan fingerprint density at radius 3 is 2.54 bits per heavy atom. The number of ether oxygens (including phenoxy) is 2. The maximum atomic E-state index is 12.5. The molecule has 28 heavy (non-hydrogen) atoms. The largest absolute Gasteiger partial charge is 0.497 e. The van der Waals surface area contributed by atoms with Crippen molar-refractivity contribution in [3.8, 4) is 11.5 Å². The fraction of sp³-hybridized carbons (Fsp3) is 0.130. The van der Waals surface area contributed by atoms with Crippen molar-refractivity contribution in [2.24, 2.45) is 0 Å². The molecule has 0 aliphatic rings. The van der Waals surface area contributed by atoms with E-state index in [-0.39, 0.29) is 18.8 Å². The molecule has 3 rings (SSSR count). The first kappa shape index (κ1) is 19.2. The number of rotatable bonds is 8. The van der Waals surface area contributed by atoms with Crippen LogP contribution in [0.4, 0.5) is 0 Å². The molecule has 0 aliphatic heterocycles. The third-order valence-corrected chi connectivity index (χ3v) is 4.20. The summed E-state index contributed by atoms with van der Waals surface area (Å²) in [6.45, 7) is 0.101. The number of carboxylic acid groups (broad SMARTS) is 1. The van der Waals surface area contributed by atoms with E-state index in [1.807, 2.05) is 36.4 Å². The molecule has 5 heteroatoms. The van der Waals surface area contributed by atoms with Crippen LogP contribution in [0.15, 0.2) is 66.7 Å². The Bertz CT molecular complexity index is 1040. The van der Waals surface area contributed by atoms with Crippen LogP contribution < -0.4 is 9.47 Å². The van der Waals surface area contributed by atoms with Gasteiger partial charge in [0.05, 0.1) is 20.1 Å². The van der Waals surface area contributed by atoms with Gasteiger partial charge in [-0.2, -0.15) is 0 Å². The first-order chi connectivity index (χ1) is 13.5. The summed E-state index contributed by atoms with van der Waals surface area (Å²) in [4.78, 5) is 23.1. The highest BCUT2D eigenvalue weighted by molar-refractivity contribution is 6.08. The number of carboxylic acids is 1. The van der Waals surface area contributed by atoms with Crippen molar-refractivity contribution in [3.63, 3.8) is 0 Å². The predicted octanol–water partition coefficient (Wildman–Crippen LogP) is 4.60. The summed E-state index contributed by atoms with van der Waals surface area (Å²) >= 11 is 0. The summed E-state index contributed by atoms with van der Waals surface area (Å²) in [5.74, 6) is 0.331. The van der Waals surface area contributed by atoms with E-state index >= 15 is 0 Å². The van der Waals surface area contributed by atoms with Crippen LogP contribution in [0.2, 0.25) is 0 Å². The summed E-state index contributed by atoms with van der Waals surface area (Å²) < 4.78 is 10.6. The van der Waals surface area contributed by atoms with Crippen molar-refractivity contribution in [3.05, 3.63) is 77.9 Å². The highest BCUT2D eigenvalue weighted by Gasteiger charge is 2.05. The number of hydrogen-bond acceptors (Lipinski definition) is 4. The lowest BCUT2D eigenvalue weighted by Gasteiger charge is -2.05. The molecule has 0 aromatic heterocycles. The van der Waals surface area contributed by atoms with Gasteiger partial charge in [-0.05, 0) is 52.7 Å². The van der Waals surface area contributed by atoms with E-state index in [9.17, 15) is 9.59 Å². The van der Waals surface area contributed by atoms with Crippen molar-refractivity contribution < 1.29 is 24.2 Å². The molecule has 0 amide bonds. The molecule has 0 radical (unpaired) electrons. The lowest BCUT2D eigenvalue weighted by Crippen LogP contribution is -2.04. The van der Waals surface area contributed by atoms with Gasteiger partial charge in [0.2, 0.25) is 0 Å². The SMILES string of the molecule is COc1ccc2cc(C(=O)C=Cc3cccc(OCCC(=O)O)c3)ccc2c1. The van der Waals surface area contributed by atoms with E-state index in [2.05, 4.69) is 0 Å². The van der Waals surface area contributed by atoms with Gasteiger partial charge in [-0.15, -0.1) is 0 Å². The van der Waals surface area contributed by atoms with Gasteiger partial charge < -0.3 is 14.6 Å². The molecular weight excluding hydrogens is 356 g/mol. The van der Waals surface area contributed by atoms with Crippen LogP contribution >= 0.6 is 0 Å². The van der Waals surface area contributed by atoms with Gasteiger partial charge in [-0.25, -0.2) is 0 Å². The standard InChI is InChI=1S/C23H20O5/c1-27-20-9-8-17-14-19(7-6-18(17)15-20)22(24)10-5-16-3-2-4-21(13-16)28-12-11-23(25)26/h2-10,13-15H,11-12H2,1H3,(H,25,26). The third kappa shape index (κ3) is 4.98. The van der Waals surface area contributed by atoms with Gasteiger partial charge in [0, 0.05) is 5.56 Å². The van der Waals surface area contributed by atoms with Crippen molar-refractivity contribution in [1.82, 2.24) is 0 Å². The number of fused-ring (bicyclic) bond motifs is 1. The molecule has 5 nitrogen and oxygen atoms in total. The number of hydrogen-bond donors (Lipinski definition) is 1. The molecule has 0 spiro atoms. The summed E-state index contributed by atoms with van der Waals surface area (Å²) in [6, 6.07) is 18.4. The number of carbonyl (C=O) groups is 2. The number of methoxy groups -OCH3 is 1. The molecule has 0 atom stereocenters. The second-order valence-electron chi connectivity index (χ2n) is 6.19. The molecule has 3 aromatic rings. The van der Waals surface area contributed by atoms with Gasteiger partial charge >= 0.3 is 5.97 Å². The van der Waals surface area contributed by atoms with E-state index in [0.717, 1.165) is 22.1 Å². The molecule has 1 N–H and O–H groups in total. The Labute approximate surface area is 162 Å². The Morgan fingerprint density at radius 1 is 0.964 bits per heavy atom. The van der Waals surface area contributed by atoms with Crippen LogP contribution in [0, 0.1) is 0 Å². The molecule has 0 saturated heterocycles. The number of ketones is 1. The summed E-state index contributed by atoms with van der Waals surface area (Å²) in [6.07, 6.45) is 3.16. The molecule has 3 aromatic carbocycles. The molecule has 0 aliphatic carbocycles. The van der Waals surface area contributed by atoms with Gasteiger partial charge in [0.25, 0.3) is 0 Å². The Morgan fingerprint density at radius 2 is 1.75 bits per heavy atom. The van der Waals surface area contributed by atoms with Gasteiger partial charge in [0.1, 0.15) is 11.5 Å². The topological polar surface area (TPSA) is 72.8 Å². The van der Waals surface area contributed by atoms with E-state index in [0.29, 0.717) is 11.3 Å². The maximum Gasteiger partial charge on any atom is 0.306 e. The van der Waals surface area contributed by atoms with Crippen LogP contribution in [0.25, 0.3) is 16.8 Å². The minimum atomic E-state index is -0.907. The molecule has 142 valence electrons. The summed E-state index contributed by atoms with van der Waals surface area (Å²) in [5.41, 5.74) is 1.40. The predicted molar refractivity (Wildman–Crippen MR) is 108 cm³/mol. The van der Waals surface area contributed by atoms with Crippen LogP contribution in [0.5, 0.6) is 11.5 Å². The quantitative estimate of drug-likeness (QED) is 0.459. The number of carbonyl (C=O) groups excluding carboxylic acids is 1. The summed E-state index contributed by atoms with van der Waals surface area (Å²) in [7, 11) is 1.62. The second-order valence-corrected chi connectivity index (χ2v) is 6.19. The zero-order valence-electron chi connectivity index (χ0n) is 15.4. The lowest BCUT2D eigenvalue weighted by molar-refractivity contribution is -0.137. The number of allylic oxidation sites excluding steroid dienone is 1. The van der Waals surface area contributed by atoms with Crippen LogP contribution in [-0.2, 0) is 4.79 Å². The lowest BCUT2D eigenvalue weighted by atomic mass is 10.0. The fourth-order valence-corrected chi connectivity index (χ4v) is 2.74. The molecule has 0 saturated carbocycles. The van der Waals surface area contributed by atoms with E-state index in [1.165, 1.54) is 6.08 Å². The Kier molecular flexibility index (Phi) is 6.07. The third-order valence-electron chi connectivity index (χ3n) is 4.20. The van der Waals surface area contributed by atoms with E-state index in [1.54, 1.807) is 37.5 Å². The fourth-order valence-electron chi connectivity index (χ4n) is 2.74. The first-order valence-corrected chi connectivity index (χ1v) is 8.80. The van der Waals surface area contributed by atoms with E-state index in [4.69, 9.17) is 14.6 Å². The van der Waals surface area contributed by atoms with Crippen molar-refractivity contribution in [2.75, 3.05) is 13.7 Å². The maximum absolute atomic E-state index is 12.5. The van der Waals surface area contributed by atoms with E-state index < -0.39 is 5.97 Å². The average molecular weight is 376 g/mol. The average Bonchev–Trinajstić information content (AvgIpc) is 2.71. The Hall–Kier alpha value is -3.60. The molecular formula is C23H20O5. The van der Waals surface area contributed by atoms with Gasteiger partial charge in [-0.3, -0.25) is 9.59 Å².